The Balaban J connectivity index is 1.98. The van der Waals surface area contributed by atoms with Gasteiger partial charge >= 0.3 is 16.1 Å². The summed E-state index contributed by atoms with van der Waals surface area (Å²) in [7, 11) is -2.16. The summed E-state index contributed by atoms with van der Waals surface area (Å²) in [6, 6.07) is 6.48. The van der Waals surface area contributed by atoms with Gasteiger partial charge in [0.25, 0.3) is 0 Å². The molecular formula is C16H16N2O6S. The number of benzene rings is 1. The molecule has 0 amide bonds. The smallest absolute Gasteiger partial charge is 0.365 e. The molecule has 132 valence electrons. The monoisotopic (exact) mass is 364 g/mol. The van der Waals surface area contributed by atoms with E-state index in [1.54, 1.807) is 18.2 Å². The second-order valence-electron chi connectivity index (χ2n) is 4.73. The molecule has 1 aromatic rings. The number of rotatable bonds is 6. The topological polar surface area (TPSA) is 104 Å². The second kappa shape index (κ2) is 8.25. The highest BCUT2D eigenvalue weighted by Crippen LogP contribution is 2.13. The van der Waals surface area contributed by atoms with E-state index in [-0.39, 0.29) is 11.5 Å². The lowest BCUT2D eigenvalue weighted by atomic mass is 10.1. The summed E-state index contributed by atoms with van der Waals surface area (Å²) in [6.45, 7) is 1.45. The highest BCUT2D eigenvalue weighted by Gasteiger charge is 2.10. The molecule has 0 unspecified atom stereocenters. The van der Waals surface area contributed by atoms with Crippen LogP contribution >= 0.6 is 0 Å². The van der Waals surface area contributed by atoms with Crippen LogP contribution < -0.4 is 4.74 Å². The maximum absolute atomic E-state index is 11.9. The van der Waals surface area contributed by atoms with Gasteiger partial charge in [0.2, 0.25) is 0 Å². The number of carbonyl (C=O) groups is 1. The highest BCUT2D eigenvalue weighted by atomic mass is 32.2. The van der Waals surface area contributed by atoms with Gasteiger partial charge in [0.05, 0.1) is 18.4 Å². The number of oxime groups is 2. The summed E-state index contributed by atoms with van der Waals surface area (Å²) in [5.41, 5.74) is 0.941. The number of ether oxygens (including phenoxy) is 1. The molecule has 0 radical (unpaired) electrons. The molecule has 1 aromatic carbocycles. The van der Waals surface area contributed by atoms with Crippen LogP contribution in [0.2, 0.25) is 0 Å². The van der Waals surface area contributed by atoms with Gasteiger partial charge in [-0.2, -0.15) is 8.42 Å². The number of carbonyl (C=O) groups excluding carboxylic acids is 1. The van der Waals surface area contributed by atoms with E-state index >= 15 is 0 Å². The van der Waals surface area contributed by atoms with Gasteiger partial charge in [0, 0.05) is 0 Å². The average Bonchev–Trinajstić information content (AvgIpc) is 2.65. The fourth-order valence-electron chi connectivity index (χ4n) is 1.62. The molecule has 0 saturated heterocycles. The number of hydrogen-bond acceptors (Lipinski definition) is 8. The standard InChI is InChI=1S/C16H16N2O6S/c1-3-25(20,21)24-18-14-9-7-13(8-10-14)17-23-16(19)12-5-4-6-15(11-12)22-2/h4-11H,3H2,1-2H3. The normalized spacial score (nSPS) is 13.4. The first-order valence-corrected chi connectivity index (χ1v) is 8.80. The van der Waals surface area contributed by atoms with Crippen molar-refractivity contribution in [2.45, 2.75) is 6.92 Å². The van der Waals surface area contributed by atoms with Crippen molar-refractivity contribution in [1.82, 2.24) is 0 Å². The molecule has 25 heavy (non-hydrogen) atoms. The fraction of sp³-hybridized carbons (Fsp3) is 0.188. The van der Waals surface area contributed by atoms with Gasteiger partial charge in [-0.05, 0) is 49.4 Å². The van der Waals surface area contributed by atoms with Crippen molar-refractivity contribution in [3.05, 3.63) is 54.1 Å². The molecule has 0 aliphatic heterocycles. The largest absolute Gasteiger partial charge is 0.497 e. The van der Waals surface area contributed by atoms with Crippen molar-refractivity contribution in [2.75, 3.05) is 12.9 Å². The number of nitrogens with zero attached hydrogens (tertiary/aromatic N) is 2. The molecular weight excluding hydrogens is 348 g/mol. The van der Waals surface area contributed by atoms with Crippen LogP contribution in [0.5, 0.6) is 5.75 Å². The molecule has 0 heterocycles. The first-order valence-electron chi connectivity index (χ1n) is 7.22. The molecule has 1 aliphatic rings. The minimum absolute atomic E-state index is 0.176. The van der Waals surface area contributed by atoms with Crippen molar-refractivity contribution >= 4 is 27.5 Å². The number of hydrogen-bond donors (Lipinski definition) is 0. The lowest BCUT2D eigenvalue weighted by molar-refractivity contribution is 0.0517. The first-order chi connectivity index (χ1) is 11.9. The molecule has 0 saturated carbocycles. The Labute approximate surface area is 145 Å². The summed E-state index contributed by atoms with van der Waals surface area (Å²) < 4.78 is 31.9. The molecule has 2 rings (SSSR count). The average molecular weight is 364 g/mol. The van der Waals surface area contributed by atoms with Crippen LogP contribution in [0.15, 0.2) is 58.9 Å². The SMILES string of the molecule is CCS(=O)(=O)ON=C1C=CC(=NOC(=O)c2cccc(OC)c2)C=C1. The third-order valence-corrected chi connectivity index (χ3v) is 4.01. The zero-order valence-corrected chi connectivity index (χ0v) is 14.4. The van der Waals surface area contributed by atoms with Crippen molar-refractivity contribution < 1.29 is 27.1 Å². The van der Waals surface area contributed by atoms with Gasteiger partial charge < -0.3 is 9.57 Å². The van der Waals surface area contributed by atoms with E-state index in [0.29, 0.717) is 17.0 Å². The van der Waals surface area contributed by atoms with E-state index in [0.717, 1.165) is 0 Å². The van der Waals surface area contributed by atoms with Crippen LogP contribution in [0.1, 0.15) is 17.3 Å². The van der Waals surface area contributed by atoms with Gasteiger partial charge in [-0.3, -0.25) is 4.28 Å². The van der Waals surface area contributed by atoms with E-state index in [1.165, 1.54) is 44.4 Å². The highest BCUT2D eigenvalue weighted by molar-refractivity contribution is 7.86. The minimum Gasteiger partial charge on any atom is -0.497 e. The quantitative estimate of drug-likeness (QED) is 0.435. The van der Waals surface area contributed by atoms with Gasteiger partial charge in [-0.15, -0.1) is 0 Å². The molecule has 0 spiro atoms. The summed E-state index contributed by atoms with van der Waals surface area (Å²) in [6.07, 6.45) is 5.95. The van der Waals surface area contributed by atoms with E-state index in [4.69, 9.17) is 9.57 Å². The summed E-state index contributed by atoms with van der Waals surface area (Å²) in [4.78, 5) is 16.8. The molecule has 9 heteroatoms. The van der Waals surface area contributed by atoms with E-state index in [2.05, 4.69) is 14.6 Å². The van der Waals surface area contributed by atoms with E-state index in [9.17, 15) is 13.2 Å². The molecule has 8 nitrogen and oxygen atoms in total. The minimum atomic E-state index is -3.66. The first kappa shape index (κ1) is 18.4. The Morgan fingerprint density at radius 3 is 2.32 bits per heavy atom. The van der Waals surface area contributed by atoms with Crippen LogP contribution in [0.3, 0.4) is 0 Å². The van der Waals surface area contributed by atoms with Gasteiger partial charge in [-0.25, -0.2) is 4.79 Å². The molecule has 0 N–H and O–H groups in total. The zero-order chi connectivity index (χ0) is 18.3. The molecule has 1 aliphatic carbocycles. The molecule has 0 aromatic heterocycles. The summed E-state index contributed by atoms with van der Waals surface area (Å²) >= 11 is 0. The van der Waals surface area contributed by atoms with Crippen LogP contribution in [-0.2, 0) is 19.2 Å². The third-order valence-electron chi connectivity index (χ3n) is 3.00. The van der Waals surface area contributed by atoms with Crippen molar-refractivity contribution in [1.29, 1.82) is 0 Å². The van der Waals surface area contributed by atoms with Gasteiger partial charge in [0.15, 0.2) is 0 Å². The zero-order valence-electron chi connectivity index (χ0n) is 13.6. The Hall–Kier alpha value is -2.94. The summed E-state index contributed by atoms with van der Waals surface area (Å²) in [5.74, 6) is -0.281. The fourth-order valence-corrected chi connectivity index (χ4v) is 1.93. The van der Waals surface area contributed by atoms with Gasteiger partial charge in [0.1, 0.15) is 17.2 Å². The van der Waals surface area contributed by atoms with Gasteiger partial charge in [-0.1, -0.05) is 16.4 Å². The molecule has 0 bridgehead atoms. The number of allylic oxidation sites excluding steroid dienone is 4. The maximum atomic E-state index is 11.9. The Morgan fingerprint density at radius 2 is 1.72 bits per heavy atom. The van der Waals surface area contributed by atoms with Crippen LogP contribution in [0.4, 0.5) is 0 Å². The molecule has 0 atom stereocenters. The predicted molar refractivity (Wildman–Crippen MR) is 92.1 cm³/mol. The van der Waals surface area contributed by atoms with E-state index in [1.807, 2.05) is 0 Å². The molecule has 0 fully saturated rings. The Bertz CT molecular complexity index is 850. The summed E-state index contributed by atoms with van der Waals surface area (Å²) in [5, 5.41) is 7.21. The van der Waals surface area contributed by atoms with E-state index < -0.39 is 16.1 Å². The predicted octanol–water partition coefficient (Wildman–Crippen LogP) is 2.06. The van der Waals surface area contributed by atoms with Crippen molar-refractivity contribution in [3.8, 4) is 5.75 Å². The van der Waals surface area contributed by atoms with Crippen LogP contribution in [-0.4, -0.2) is 38.7 Å². The maximum Gasteiger partial charge on any atom is 0.365 e. The van der Waals surface area contributed by atoms with Crippen LogP contribution in [0.25, 0.3) is 0 Å². The third kappa shape index (κ3) is 5.57. The van der Waals surface area contributed by atoms with Crippen LogP contribution in [0, 0.1) is 0 Å². The number of methoxy groups -OCH3 is 1. The van der Waals surface area contributed by atoms with Crippen molar-refractivity contribution in [2.24, 2.45) is 10.3 Å². The van der Waals surface area contributed by atoms with Crippen molar-refractivity contribution in [3.63, 3.8) is 0 Å². The Morgan fingerprint density at radius 1 is 1.08 bits per heavy atom. The second-order valence-corrected chi connectivity index (χ2v) is 6.57. The Kier molecular flexibility index (Phi) is 6.07. The lowest BCUT2D eigenvalue weighted by Gasteiger charge is -2.04. The lowest BCUT2D eigenvalue weighted by Crippen LogP contribution is -2.08.